The first kappa shape index (κ1) is 17.8. The first-order chi connectivity index (χ1) is 11.4. The maximum Gasteiger partial charge on any atom is 0.190 e. The molecule has 0 aliphatic heterocycles. The van der Waals surface area contributed by atoms with Crippen LogP contribution in [0.1, 0.15) is 18.4 Å². The highest BCUT2D eigenvalue weighted by molar-refractivity contribution is 8.00. The van der Waals surface area contributed by atoms with Crippen LogP contribution in [-0.2, 0) is 6.42 Å². The summed E-state index contributed by atoms with van der Waals surface area (Å²) in [5.41, 5.74) is 1.39. The molecule has 23 heavy (non-hydrogen) atoms. The molecule has 4 nitrogen and oxygen atoms in total. The van der Waals surface area contributed by atoms with Gasteiger partial charge in [0.25, 0.3) is 0 Å². The summed E-state index contributed by atoms with van der Waals surface area (Å²) in [5, 5.41) is 8.74. The summed E-state index contributed by atoms with van der Waals surface area (Å²) in [7, 11) is 1.82. The third kappa shape index (κ3) is 7.52. The number of thioether (sulfide) groups is 1. The van der Waals surface area contributed by atoms with Crippen LogP contribution in [-0.4, -0.2) is 36.8 Å². The lowest BCUT2D eigenvalue weighted by Gasteiger charge is -2.11. The zero-order chi connectivity index (χ0) is 16.2. The number of nitrogens with one attached hydrogen (secondary N) is 2. The minimum absolute atomic E-state index is 0.886. The van der Waals surface area contributed by atoms with Crippen molar-refractivity contribution in [2.45, 2.75) is 23.6 Å². The van der Waals surface area contributed by atoms with Crippen molar-refractivity contribution >= 4 is 29.1 Å². The molecule has 0 atom stereocenters. The van der Waals surface area contributed by atoms with Crippen molar-refractivity contribution < 1.29 is 0 Å². The number of benzene rings is 1. The lowest BCUT2D eigenvalue weighted by atomic mass is 10.1. The first-order valence-corrected chi connectivity index (χ1v) is 9.76. The monoisotopic (exact) mass is 348 g/mol. The van der Waals surface area contributed by atoms with Crippen LogP contribution < -0.4 is 10.6 Å². The second-order valence-corrected chi connectivity index (χ2v) is 7.25. The SMILES string of the molecule is CN=C(NCCCSc1nccs1)NCCCc1ccccc1. The fraction of sp³-hybridized carbons (Fsp3) is 0.412. The van der Waals surface area contributed by atoms with E-state index in [1.54, 1.807) is 11.3 Å². The Bertz CT molecular complexity index is 555. The second-order valence-electron chi connectivity index (χ2n) is 5.01. The lowest BCUT2D eigenvalue weighted by Crippen LogP contribution is -2.38. The van der Waals surface area contributed by atoms with Crippen molar-refractivity contribution in [1.29, 1.82) is 0 Å². The molecule has 0 radical (unpaired) electrons. The van der Waals surface area contributed by atoms with Crippen LogP contribution in [0.15, 0.2) is 51.2 Å². The highest BCUT2D eigenvalue weighted by Crippen LogP contribution is 2.20. The first-order valence-electron chi connectivity index (χ1n) is 7.89. The van der Waals surface area contributed by atoms with Crippen molar-refractivity contribution in [1.82, 2.24) is 15.6 Å². The van der Waals surface area contributed by atoms with Gasteiger partial charge in [0.2, 0.25) is 0 Å². The summed E-state index contributed by atoms with van der Waals surface area (Å²) in [6.45, 7) is 1.86. The molecule has 1 aromatic carbocycles. The van der Waals surface area contributed by atoms with E-state index in [-0.39, 0.29) is 0 Å². The van der Waals surface area contributed by atoms with Gasteiger partial charge >= 0.3 is 0 Å². The van der Waals surface area contributed by atoms with Crippen LogP contribution in [0, 0.1) is 0 Å². The van der Waals surface area contributed by atoms with Crippen molar-refractivity contribution in [3.05, 3.63) is 47.5 Å². The molecule has 2 N–H and O–H groups in total. The Hall–Kier alpha value is -1.53. The molecule has 0 saturated heterocycles. The minimum Gasteiger partial charge on any atom is -0.356 e. The van der Waals surface area contributed by atoms with E-state index in [9.17, 15) is 0 Å². The van der Waals surface area contributed by atoms with Crippen molar-refractivity contribution in [2.75, 3.05) is 25.9 Å². The maximum atomic E-state index is 4.27. The molecule has 0 bridgehead atoms. The lowest BCUT2D eigenvalue weighted by molar-refractivity contribution is 0.736. The van der Waals surface area contributed by atoms with E-state index in [4.69, 9.17) is 0 Å². The molecule has 1 heterocycles. The van der Waals surface area contributed by atoms with E-state index < -0.39 is 0 Å². The van der Waals surface area contributed by atoms with Gasteiger partial charge in [-0.3, -0.25) is 4.99 Å². The minimum atomic E-state index is 0.886. The maximum absolute atomic E-state index is 4.27. The standard InChI is InChI=1S/C17H24N4S2/c1-18-16(19-10-5-9-15-7-3-2-4-8-15)20-11-6-13-22-17-21-12-14-23-17/h2-4,7-8,12,14H,5-6,9-11,13H2,1H3,(H2,18,19,20). The van der Waals surface area contributed by atoms with Gasteiger partial charge in [0.1, 0.15) is 4.34 Å². The summed E-state index contributed by atoms with van der Waals surface area (Å²) in [6, 6.07) is 10.6. The Morgan fingerprint density at radius 3 is 2.65 bits per heavy atom. The Kier molecular flexibility index (Phi) is 8.58. The van der Waals surface area contributed by atoms with Gasteiger partial charge in [-0.2, -0.15) is 0 Å². The predicted octanol–water partition coefficient (Wildman–Crippen LogP) is 3.42. The molecular formula is C17H24N4S2. The molecule has 6 heteroatoms. The Morgan fingerprint density at radius 2 is 1.96 bits per heavy atom. The van der Waals surface area contributed by atoms with E-state index in [0.717, 1.165) is 48.4 Å². The molecule has 2 rings (SSSR count). The van der Waals surface area contributed by atoms with Gasteiger partial charge in [0, 0.05) is 37.5 Å². The zero-order valence-corrected chi connectivity index (χ0v) is 15.1. The van der Waals surface area contributed by atoms with E-state index in [0.29, 0.717) is 0 Å². The van der Waals surface area contributed by atoms with Gasteiger partial charge in [-0.15, -0.1) is 11.3 Å². The van der Waals surface area contributed by atoms with E-state index >= 15 is 0 Å². The van der Waals surface area contributed by atoms with Crippen molar-refractivity contribution in [3.8, 4) is 0 Å². The molecule has 124 valence electrons. The summed E-state index contributed by atoms with van der Waals surface area (Å²) >= 11 is 3.51. The number of nitrogens with zero attached hydrogens (tertiary/aromatic N) is 2. The Balaban J connectivity index is 1.51. The van der Waals surface area contributed by atoms with Crippen LogP contribution >= 0.6 is 23.1 Å². The van der Waals surface area contributed by atoms with Crippen molar-refractivity contribution in [2.24, 2.45) is 4.99 Å². The predicted molar refractivity (Wildman–Crippen MR) is 102 cm³/mol. The van der Waals surface area contributed by atoms with Crippen LogP contribution in [0.2, 0.25) is 0 Å². The number of aryl methyl sites for hydroxylation is 1. The van der Waals surface area contributed by atoms with E-state index in [2.05, 4.69) is 50.9 Å². The molecule has 0 unspecified atom stereocenters. The van der Waals surface area contributed by atoms with Crippen LogP contribution in [0.3, 0.4) is 0 Å². The second kappa shape index (κ2) is 11.1. The average Bonchev–Trinajstić information content (AvgIpc) is 3.11. The average molecular weight is 349 g/mol. The number of thiazole rings is 1. The van der Waals surface area contributed by atoms with Gasteiger partial charge in [-0.05, 0) is 24.8 Å². The van der Waals surface area contributed by atoms with Gasteiger partial charge in [-0.1, -0.05) is 42.1 Å². The van der Waals surface area contributed by atoms with E-state index in [1.165, 1.54) is 5.56 Å². The molecule has 0 aliphatic rings. The molecular weight excluding hydrogens is 324 g/mol. The van der Waals surface area contributed by atoms with Crippen LogP contribution in [0.5, 0.6) is 0 Å². The summed E-state index contributed by atoms with van der Waals surface area (Å²) in [5.74, 6) is 1.96. The number of hydrogen-bond acceptors (Lipinski definition) is 4. The van der Waals surface area contributed by atoms with Gasteiger partial charge in [0.05, 0.1) is 0 Å². The molecule has 0 fully saturated rings. The van der Waals surface area contributed by atoms with Gasteiger partial charge in [-0.25, -0.2) is 4.98 Å². The molecule has 0 aliphatic carbocycles. The number of guanidine groups is 1. The highest BCUT2D eigenvalue weighted by Gasteiger charge is 1.99. The fourth-order valence-electron chi connectivity index (χ4n) is 2.08. The zero-order valence-electron chi connectivity index (χ0n) is 13.5. The molecule has 1 aromatic heterocycles. The number of hydrogen-bond donors (Lipinski definition) is 2. The van der Waals surface area contributed by atoms with Gasteiger partial charge in [0.15, 0.2) is 5.96 Å². The summed E-state index contributed by atoms with van der Waals surface area (Å²) in [4.78, 5) is 8.52. The topological polar surface area (TPSA) is 49.3 Å². The Morgan fingerprint density at radius 1 is 1.17 bits per heavy atom. The third-order valence-corrected chi connectivity index (χ3v) is 5.30. The summed E-state index contributed by atoms with van der Waals surface area (Å²) < 4.78 is 1.15. The quantitative estimate of drug-likeness (QED) is 0.315. The van der Waals surface area contributed by atoms with Crippen molar-refractivity contribution in [3.63, 3.8) is 0 Å². The molecule has 2 aromatic rings. The normalized spacial score (nSPS) is 11.4. The smallest absolute Gasteiger partial charge is 0.190 e. The number of rotatable bonds is 9. The number of aliphatic imine (C=N–C) groups is 1. The highest BCUT2D eigenvalue weighted by atomic mass is 32.2. The molecule has 0 amide bonds. The van der Waals surface area contributed by atoms with Gasteiger partial charge < -0.3 is 10.6 Å². The summed E-state index contributed by atoms with van der Waals surface area (Å²) in [6.07, 6.45) is 5.14. The Labute approximate surface area is 146 Å². The van der Waals surface area contributed by atoms with Crippen LogP contribution in [0.25, 0.3) is 0 Å². The molecule has 0 saturated carbocycles. The molecule has 0 spiro atoms. The fourth-order valence-corrected chi connectivity index (χ4v) is 3.73. The van der Waals surface area contributed by atoms with E-state index in [1.807, 2.05) is 30.4 Å². The number of aromatic nitrogens is 1. The third-order valence-electron chi connectivity index (χ3n) is 3.25. The van der Waals surface area contributed by atoms with Crippen LogP contribution in [0.4, 0.5) is 0 Å². The largest absolute Gasteiger partial charge is 0.356 e.